The maximum atomic E-state index is 13.3. The van der Waals surface area contributed by atoms with Gasteiger partial charge in [-0.05, 0) is 23.3 Å². The van der Waals surface area contributed by atoms with E-state index >= 15 is 0 Å². The van der Waals surface area contributed by atoms with Crippen molar-refractivity contribution in [1.82, 2.24) is 9.80 Å². The first-order valence-electron chi connectivity index (χ1n) is 8.63. The first kappa shape index (κ1) is 18.8. The highest BCUT2D eigenvalue weighted by atomic mass is 19.1. The van der Waals surface area contributed by atoms with Gasteiger partial charge in [0.05, 0.1) is 18.7 Å². The lowest BCUT2D eigenvalue weighted by atomic mass is 10.0. The largest absolute Gasteiger partial charge is 0.383 e. The molecule has 0 spiro atoms. The molecular formula is C21H21FN2O3. The minimum atomic E-state index is -0.397. The van der Waals surface area contributed by atoms with E-state index in [2.05, 4.69) is 0 Å². The quantitative estimate of drug-likeness (QED) is 0.705. The normalized spacial score (nSPS) is 14.3. The first-order chi connectivity index (χ1) is 13.0. The first-order valence-corrected chi connectivity index (χ1v) is 8.63. The molecule has 2 aromatic rings. The summed E-state index contributed by atoms with van der Waals surface area (Å²) in [5.74, 6) is -1.15. The van der Waals surface area contributed by atoms with E-state index in [0.717, 1.165) is 5.56 Å². The van der Waals surface area contributed by atoms with Crippen LogP contribution in [0.25, 0.3) is 5.57 Å². The van der Waals surface area contributed by atoms with E-state index in [1.807, 2.05) is 30.3 Å². The van der Waals surface area contributed by atoms with Crippen LogP contribution in [-0.2, 0) is 20.9 Å². The summed E-state index contributed by atoms with van der Waals surface area (Å²) < 4.78 is 18.3. The predicted octanol–water partition coefficient (Wildman–Crippen LogP) is 2.68. The lowest BCUT2D eigenvalue weighted by Crippen LogP contribution is -2.36. The Balaban J connectivity index is 2.00. The second-order valence-corrected chi connectivity index (χ2v) is 6.33. The molecule has 0 saturated heterocycles. The molecule has 1 heterocycles. The number of hydrogen-bond acceptors (Lipinski definition) is 4. The fourth-order valence-electron chi connectivity index (χ4n) is 3.12. The Morgan fingerprint density at radius 3 is 2.30 bits per heavy atom. The van der Waals surface area contributed by atoms with Crippen LogP contribution in [0.2, 0.25) is 0 Å². The molecule has 0 radical (unpaired) electrons. The lowest BCUT2D eigenvalue weighted by Gasteiger charge is -2.21. The highest BCUT2D eigenvalue weighted by molar-refractivity contribution is 6.35. The second kappa shape index (κ2) is 8.14. The van der Waals surface area contributed by atoms with Gasteiger partial charge in [0.15, 0.2) is 0 Å². The Kier molecular flexibility index (Phi) is 5.66. The van der Waals surface area contributed by atoms with E-state index in [0.29, 0.717) is 17.8 Å². The van der Waals surface area contributed by atoms with E-state index in [9.17, 15) is 14.0 Å². The molecule has 0 N–H and O–H groups in total. The SMILES string of the molecule is COCCN1C(=O)C(c2ccc(F)cc2)=C(N(C)Cc2ccccc2)C1=O. The molecule has 5 nitrogen and oxygen atoms in total. The summed E-state index contributed by atoms with van der Waals surface area (Å²) in [6.07, 6.45) is 0. The van der Waals surface area contributed by atoms with Gasteiger partial charge in [-0.3, -0.25) is 14.5 Å². The third-order valence-corrected chi connectivity index (χ3v) is 4.44. The average molecular weight is 368 g/mol. The lowest BCUT2D eigenvalue weighted by molar-refractivity contribution is -0.138. The smallest absolute Gasteiger partial charge is 0.277 e. The van der Waals surface area contributed by atoms with Crippen molar-refractivity contribution in [2.24, 2.45) is 0 Å². The van der Waals surface area contributed by atoms with Crippen molar-refractivity contribution >= 4 is 17.4 Å². The number of ether oxygens (including phenoxy) is 1. The van der Waals surface area contributed by atoms with Crippen LogP contribution >= 0.6 is 0 Å². The van der Waals surface area contributed by atoms with Gasteiger partial charge in [0.1, 0.15) is 11.5 Å². The highest BCUT2D eigenvalue weighted by Gasteiger charge is 2.40. The molecule has 1 aliphatic heterocycles. The topological polar surface area (TPSA) is 49.9 Å². The van der Waals surface area contributed by atoms with Crippen molar-refractivity contribution in [2.45, 2.75) is 6.54 Å². The predicted molar refractivity (Wildman–Crippen MR) is 99.8 cm³/mol. The number of benzene rings is 2. The number of imide groups is 1. The van der Waals surface area contributed by atoms with E-state index in [-0.39, 0.29) is 24.6 Å². The summed E-state index contributed by atoms with van der Waals surface area (Å²) >= 11 is 0. The van der Waals surface area contributed by atoms with Crippen molar-refractivity contribution in [1.29, 1.82) is 0 Å². The fraction of sp³-hybridized carbons (Fsp3) is 0.238. The van der Waals surface area contributed by atoms with Crippen LogP contribution in [0.4, 0.5) is 4.39 Å². The summed E-state index contributed by atoms with van der Waals surface area (Å²) in [5.41, 5.74) is 2.13. The number of likely N-dealkylation sites (N-methyl/N-ethyl adjacent to an activating group) is 1. The van der Waals surface area contributed by atoms with Gasteiger partial charge < -0.3 is 9.64 Å². The minimum absolute atomic E-state index is 0.168. The Bertz CT molecular complexity index is 863. The number of rotatable bonds is 7. The number of carbonyl (C=O) groups is 2. The summed E-state index contributed by atoms with van der Waals surface area (Å²) in [4.78, 5) is 28.9. The summed E-state index contributed by atoms with van der Waals surface area (Å²) in [6.45, 7) is 0.892. The molecule has 6 heteroatoms. The third kappa shape index (κ3) is 3.90. The Morgan fingerprint density at radius 1 is 1.00 bits per heavy atom. The van der Waals surface area contributed by atoms with Gasteiger partial charge in [-0.1, -0.05) is 42.5 Å². The van der Waals surface area contributed by atoms with Crippen LogP contribution in [0.5, 0.6) is 0 Å². The summed E-state index contributed by atoms with van der Waals surface area (Å²) in [6, 6.07) is 15.3. The molecule has 0 atom stereocenters. The van der Waals surface area contributed by atoms with Gasteiger partial charge in [0.2, 0.25) is 0 Å². The molecule has 0 unspecified atom stereocenters. The minimum Gasteiger partial charge on any atom is -0.383 e. The van der Waals surface area contributed by atoms with Gasteiger partial charge in [0.25, 0.3) is 11.8 Å². The molecule has 1 aliphatic rings. The second-order valence-electron chi connectivity index (χ2n) is 6.33. The Labute approximate surface area is 157 Å². The van der Waals surface area contributed by atoms with Crippen molar-refractivity contribution in [3.8, 4) is 0 Å². The molecule has 0 aliphatic carbocycles. The zero-order valence-corrected chi connectivity index (χ0v) is 15.3. The van der Waals surface area contributed by atoms with Gasteiger partial charge in [-0.2, -0.15) is 0 Å². The van der Waals surface area contributed by atoms with Crippen LogP contribution in [-0.4, -0.2) is 48.9 Å². The molecular weight excluding hydrogens is 347 g/mol. The Hall–Kier alpha value is -2.99. The standard InChI is InChI=1S/C21H21FN2O3/c1-23(14-15-6-4-3-5-7-15)19-18(16-8-10-17(22)11-9-16)20(25)24(21(19)26)12-13-27-2/h3-11H,12-14H2,1-2H3. The number of halogens is 1. The van der Waals surface area contributed by atoms with Gasteiger partial charge in [-0.15, -0.1) is 0 Å². The number of amides is 2. The maximum Gasteiger partial charge on any atom is 0.277 e. The number of carbonyl (C=O) groups excluding carboxylic acids is 2. The van der Waals surface area contributed by atoms with Crippen LogP contribution in [0.3, 0.4) is 0 Å². The van der Waals surface area contributed by atoms with Crippen LogP contribution in [0.15, 0.2) is 60.3 Å². The molecule has 27 heavy (non-hydrogen) atoms. The number of hydrogen-bond donors (Lipinski definition) is 0. The molecule has 3 rings (SSSR count). The molecule has 0 saturated carbocycles. The molecule has 140 valence electrons. The van der Waals surface area contributed by atoms with Crippen molar-refractivity contribution in [2.75, 3.05) is 27.3 Å². The summed E-state index contributed by atoms with van der Waals surface area (Å²) in [7, 11) is 3.29. The number of methoxy groups -OCH3 is 1. The van der Waals surface area contributed by atoms with Crippen molar-refractivity contribution in [3.05, 3.63) is 77.2 Å². The number of nitrogens with zero attached hydrogens (tertiary/aromatic N) is 2. The van der Waals surface area contributed by atoms with E-state index in [1.165, 1.54) is 36.3 Å². The average Bonchev–Trinajstić information content (AvgIpc) is 2.92. The molecule has 2 aromatic carbocycles. The zero-order valence-electron chi connectivity index (χ0n) is 15.3. The van der Waals surface area contributed by atoms with Crippen LogP contribution in [0, 0.1) is 5.82 Å². The van der Waals surface area contributed by atoms with E-state index in [1.54, 1.807) is 11.9 Å². The van der Waals surface area contributed by atoms with Gasteiger partial charge in [0, 0.05) is 20.7 Å². The van der Waals surface area contributed by atoms with Crippen LogP contribution < -0.4 is 0 Å². The zero-order chi connectivity index (χ0) is 19.4. The van der Waals surface area contributed by atoms with Gasteiger partial charge in [-0.25, -0.2) is 4.39 Å². The molecule has 2 amide bonds. The van der Waals surface area contributed by atoms with Crippen molar-refractivity contribution in [3.63, 3.8) is 0 Å². The van der Waals surface area contributed by atoms with Crippen LogP contribution in [0.1, 0.15) is 11.1 Å². The third-order valence-electron chi connectivity index (χ3n) is 4.44. The fourth-order valence-corrected chi connectivity index (χ4v) is 3.12. The monoisotopic (exact) mass is 368 g/mol. The summed E-state index contributed by atoms with van der Waals surface area (Å²) in [5, 5.41) is 0. The highest BCUT2D eigenvalue weighted by Crippen LogP contribution is 2.31. The maximum absolute atomic E-state index is 13.3. The molecule has 0 fully saturated rings. The van der Waals surface area contributed by atoms with Gasteiger partial charge >= 0.3 is 0 Å². The van der Waals surface area contributed by atoms with E-state index < -0.39 is 11.7 Å². The van der Waals surface area contributed by atoms with Crippen molar-refractivity contribution < 1.29 is 18.7 Å². The van der Waals surface area contributed by atoms with E-state index in [4.69, 9.17) is 4.74 Å². The molecule has 0 aromatic heterocycles. The Morgan fingerprint density at radius 2 is 1.67 bits per heavy atom. The molecule has 0 bridgehead atoms.